The molecule has 1 heterocycles. The number of hydrogen-bond donors (Lipinski definition) is 5. The van der Waals surface area contributed by atoms with Crippen molar-refractivity contribution in [1.82, 2.24) is 15.3 Å². The largest absolute Gasteiger partial charge is 0.463 e. The zero-order valence-corrected chi connectivity index (χ0v) is 26.5. The number of allylic oxidation sites excluding steroid dienone is 5. The summed E-state index contributed by atoms with van der Waals surface area (Å²) in [6.45, 7) is 6.04. The maximum absolute atomic E-state index is 12.0. The topological polar surface area (TPSA) is 218 Å². The molecule has 5 rings (SSSR count). The first-order chi connectivity index (χ1) is 23.5. The minimum Gasteiger partial charge on any atom is -0.463 e. The van der Waals surface area contributed by atoms with Gasteiger partial charge in [0.1, 0.15) is 0 Å². The number of aromatic nitrogens is 2. The van der Waals surface area contributed by atoms with Gasteiger partial charge in [0.2, 0.25) is 11.9 Å². The van der Waals surface area contributed by atoms with E-state index in [1.807, 2.05) is 31.2 Å². The van der Waals surface area contributed by atoms with Crippen LogP contribution in [-0.4, -0.2) is 47.0 Å². The highest BCUT2D eigenvalue weighted by atomic mass is 16.5. The van der Waals surface area contributed by atoms with Crippen LogP contribution in [0.3, 0.4) is 0 Å². The van der Waals surface area contributed by atoms with Crippen molar-refractivity contribution in [1.29, 1.82) is 0 Å². The molecular weight excluding hydrogens is 602 g/mol. The number of aromatic amines is 1. The molecule has 1 aromatic heterocycles. The Balaban J connectivity index is 0.000000385. The van der Waals surface area contributed by atoms with E-state index in [2.05, 4.69) is 33.1 Å². The first-order valence-corrected chi connectivity index (χ1v) is 14.5. The molecule has 0 atom stereocenters. The number of rotatable bonds is 6. The van der Waals surface area contributed by atoms with E-state index < -0.39 is 5.97 Å². The lowest BCUT2D eigenvalue weighted by atomic mass is 10.2. The van der Waals surface area contributed by atoms with Crippen molar-refractivity contribution < 1.29 is 26.8 Å². The van der Waals surface area contributed by atoms with Gasteiger partial charge in [0.05, 0.1) is 35.8 Å². The van der Waals surface area contributed by atoms with Gasteiger partial charge in [0.15, 0.2) is 0 Å². The molecule has 1 amide bonds. The average Bonchev–Trinajstić information content (AvgIpc) is 3.84. The summed E-state index contributed by atoms with van der Waals surface area (Å²) < 4.78 is 19.8. The number of carbonyl (C=O) groups is 3. The maximum Gasteiger partial charge on any atom is 0.336 e. The fourth-order valence-corrected chi connectivity index (χ4v) is 4.27. The highest BCUT2D eigenvalue weighted by Crippen LogP contribution is 2.27. The molecule has 0 aliphatic heterocycles. The van der Waals surface area contributed by atoms with Crippen LogP contribution in [-0.2, 0) is 25.5 Å². The molecule has 0 radical (unpaired) electrons. The molecule has 8 N–H and O–H groups in total. The standard InChI is InChI=1S/C17H19N3O3.C8H11NO2.C7H7N3O.C2H2.H2/c1-3-23-16(22)13-10-9-11(2)14(13)19-17(18)20-15(21)12-7-5-4-6-8-12;1-2-11-8(10)6-4-3-5-7(6)9;8-7-9-5-3-1-2-4(5)6(11)10-7;1-2;/h4-9H,3,10H2,1-2H3,(H3,18,19,20,21);3,5H,2,4,9H2,1H3;1,3H,2H2,(H3,8,9,10,11);1-2H;1H/i;;;;1+1D. The van der Waals surface area contributed by atoms with E-state index in [9.17, 15) is 19.2 Å². The van der Waals surface area contributed by atoms with Crippen LogP contribution in [0.5, 0.6) is 0 Å². The number of hydrogen-bond acceptors (Lipinski definition) is 10. The Kier molecular flexibility index (Phi) is 14.0. The summed E-state index contributed by atoms with van der Waals surface area (Å²) in [4.78, 5) is 56.7. The van der Waals surface area contributed by atoms with Crippen LogP contribution < -0.4 is 28.1 Å². The van der Waals surface area contributed by atoms with Crippen LogP contribution in [0.25, 0.3) is 6.08 Å². The van der Waals surface area contributed by atoms with Crippen molar-refractivity contribution >= 4 is 35.8 Å². The number of nitrogen functional groups attached to an aromatic ring is 1. The average molecular weight is 646 g/mol. The second-order valence-corrected chi connectivity index (χ2v) is 9.64. The van der Waals surface area contributed by atoms with E-state index in [0.717, 1.165) is 5.57 Å². The zero-order chi connectivity index (χ0) is 36.9. The molecular formula is C34H41N7O6. The summed E-state index contributed by atoms with van der Waals surface area (Å²) in [6, 6.07) is 8.68. The Morgan fingerprint density at radius 1 is 1.00 bits per heavy atom. The van der Waals surface area contributed by atoms with Gasteiger partial charge in [-0.2, -0.15) is 0 Å². The second-order valence-electron chi connectivity index (χ2n) is 9.64. The van der Waals surface area contributed by atoms with E-state index in [1.165, 1.54) is 0 Å². The number of nitrogens with zero attached hydrogens (tertiary/aromatic N) is 2. The Labute approximate surface area is 276 Å². The number of anilines is 1. The maximum atomic E-state index is 12.0. The summed E-state index contributed by atoms with van der Waals surface area (Å²) in [6.07, 6.45) is 18.9. The van der Waals surface area contributed by atoms with Crippen LogP contribution in [0.1, 0.15) is 58.2 Å². The third-order valence-electron chi connectivity index (χ3n) is 6.46. The molecule has 47 heavy (non-hydrogen) atoms. The number of benzene rings is 1. The van der Waals surface area contributed by atoms with E-state index >= 15 is 0 Å². The van der Waals surface area contributed by atoms with Crippen LogP contribution in [0.15, 0.2) is 92.5 Å². The lowest BCUT2D eigenvalue weighted by Gasteiger charge is -2.08. The van der Waals surface area contributed by atoms with Crippen molar-refractivity contribution in [2.24, 2.45) is 16.5 Å². The lowest BCUT2D eigenvalue weighted by Crippen LogP contribution is -2.36. The smallest absolute Gasteiger partial charge is 0.336 e. The zero-order valence-electron chi connectivity index (χ0n) is 28.5. The number of esters is 2. The van der Waals surface area contributed by atoms with Crippen LogP contribution >= 0.6 is 0 Å². The van der Waals surface area contributed by atoms with Gasteiger partial charge in [-0.1, -0.05) is 36.4 Å². The Morgan fingerprint density at radius 3 is 2.21 bits per heavy atom. The predicted octanol–water partition coefficient (Wildman–Crippen LogP) is 3.04. The van der Waals surface area contributed by atoms with Gasteiger partial charge in [-0.15, -0.1) is 12.8 Å². The van der Waals surface area contributed by atoms with Crippen molar-refractivity contribution in [3.05, 3.63) is 110 Å². The molecule has 0 spiro atoms. The number of amides is 1. The van der Waals surface area contributed by atoms with Crippen LogP contribution in [0.2, 0.25) is 0 Å². The van der Waals surface area contributed by atoms with Gasteiger partial charge in [-0.25, -0.2) is 19.6 Å². The molecule has 1 aromatic carbocycles. The fraction of sp³-hybridized carbons (Fsp3) is 0.235. The number of guanidine groups is 1. The lowest BCUT2D eigenvalue weighted by molar-refractivity contribution is -0.139. The van der Waals surface area contributed by atoms with Crippen molar-refractivity contribution in [3.63, 3.8) is 0 Å². The van der Waals surface area contributed by atoms with Crippen molar-refractivity contribution in [2.45, 2.75) is 40.0 Å². The molecule has 3 aliphatic rings. The molecule has 0 fully saturated rings. The minimum atomic E-state index is -0.415. The first kappa shape index (κ1) is 35.3. The van der Waals surface area contributed by atoms with E-state index in [-0.39, 0.29) is 29.3 Å². The van der Waals surface area contributed by atoms with Gasteiger partial charge in [0, 0.05) is 26.2 Å². The minimum absolute atomic E-state index is 0.0645. The molecule has 0 bridgehead atoms. The Morgan fingerprint density at radius 2 is 1.62 bits per heavy atom. The monoisotopic (exact) mass is 645 g/mol. The molecule has 0 saturated carbocycles. The molecule has 13 heteroatoms. The van der Waals surface area contributed by atoms with Gasteiger partial charge in [-0.3, -0.25) is 19.9 Å². The Bertz CT molecular complexity index is 1740. The fourth-order valence-electron chi connectivity index (χ4n) is 4.27. The highest BCUT2D eigenvalue weighted by molar-refractivity contribution is 6.05. The third-order valence-corrected chi connectivity index (χ3v) is 6.46. The van der Waals surface area contributed by atoms with Crippen LogP contribution in [0.4, 0.5) is 5.95 Å². The number of nitrogens with two attached hydrogens (primary N) is 3. The molecule has 0 saturated heterocycles. The number of terminal acetylenes is 1. The number of carbonyl (C=O) groups excluding carboxylic acids is 3. The number of H-pyrrole nitrogens is 1. The van der Waals surface area contributed by atoms with Crippen molar-refractivity contribution in [2.75, 3.05) is 18.9 Å². The third kappa shape index (κ3) is 10.8. The van der Waals surface area contributed by atoms with Crippen molar-refractivity contribution in [3.8, 4) is 12.8 Å². The van der Waals surface area contributed by atoms with Gasteiger partial charge in [-0.05, 0) is 63.5 Å². The summed E-state index contributed by atoms with van der Waals surface area (Å²) in [5.74, 6) is -0.952. The summed E-state index contributed by atoms with van der Waals surface area (Å²) in [5, 5.41) is 2.51. The number of nitrogens with one attached hydrogen (secondary N) is 2. The molecule has 248 valence electrons. The molecule has 2 aromatic rings. The summed E-state index contributed by atoms with van der Waals surface area (Å²) in [5.41, 5.74) is 21.2. The Hall–Kier alpha value is -6.16. The highest BCUT2D eigenvalue weighted by Gasteiger charge is 2.22. The molecule has 0 unspecified atom stereocenters. The second kappa shape index (κ2) is 18.6. The quantitative estimate of drug-likeness (QED) is 0.134. The predicted molar refractivity (Wildman–Crippen MR) is 183 cm³/mol. The van der Waals surface area contributed by atoms with Gasteiger partial charge in [0.25, 0.3) is 11.5 Å². The number of fused-ring (bicyclic) bond motifs is 1. The normalized spacial score (nSPS) is 14.1. The molecule has 13 nitrogen and oxygen atoms in total. The summed E-state index contributed by atoms with van der Waals surface area (Å²) >= 11 is 0. The van der Waals surface area contributed by atoms with E-state index in [1.54, 1.807) is 50.3 Å². The van der Waals surface area contributed by atoms with Gasteiger partial charge >= 0.3 is 11.9 Å². The SMILES string of the molecule is C#C.CCOC(=O)C1=C(N)C=CC1.CCOC(=O)C1=C(N=C(N)NC(=O)c2ccccc2)C(C)=CC1.Nc1nc2c(c(=O)[nH]1)CC=C2.[2H][2H]. The summed E-state index contributed by atoms with van der Waals surface area (Å²) in [7, 11) is 0. The first-order valence-electron chi connectivity index (χ1n) is 15.5. The number of aliphatic imine (C=N–C) groups is 1. The van der Waals surface area contributed by atoms with Gasteiger partial charge < -0.3 is 26.7 Å². The molecule has 3 aliphatic carbocycles. The van der Waals surface area contributed by atoms with E-state index in [4.69, 9.17) is 29.6 Å². The number of ether oxygens (including phenoxy) is 2. The van der Waals surface area contributed by atoms with E-state index in [0.29, 0.717) is 71.8 Å². The van der Waals surface area contributed by atoms with Crippen LogP contribution in [0, 0.1) is 12.8 Å².